The zero-order valence-electron chi connectivity index (χ0n) is 12.8. The van der Waals surface area contributed by atoms with E-state index in [1.54, 1.807) is 31.2 Å². The van der Waals surface area contributed by atoms with E-state index in [2.05, 4.69) is 0 Å². The van der Waals surface area contributed by atoms with Gasteiger partial charge in [0.15, 0.2) is 0 Å². The molecule has 0 aliphatic heterocycles. The number of carboxylic acids is 1. The van der Waals surface area contributed by atoms with E-state index in [4.69, 9.17) is 9.84 Å². The molecule has 1 N–H and O–H groups in total. The third kappa shape index (κ3) is 5.04. The Kier molecular flexibility index (Phi) is 6.11. The molecular formula is C16H21NO4. The van der Waals surface area contributed by atoms with Crippen molar-refractivity contribution in [2.75, 3.05) is 20.8 Å². The van der Waals surface area contributed by atoms with Crippen molar-refractivity contribution in [3.05, 3.63) is 41.0 Å². The standard InChI is InChI=1S/C16H21NO4/c1-11-7-13(5-6-15(18)19)9-14(8-11)16(20)17(3)12(2)10-21-4/h5-9,12H,10H2,1-4H3,(H,18,19)/b6-5+. The van der Waals surface area contributed by atoms with Crippen LogP contribution in [0, 0.1) is 6.92 Å². The Hall–Kier alpha value is -2.14. The molecule has 1 aromatic rings. The van der Waals surface area contributed by atoms with E-state index in [0.717, 1.165) is 11.6 Å². The van der Waals surface area contributed by atoms with Crippen LogP contribution in [0.2, 0.25) is 0 Å². The predicted octanol–water partition coefficient (Wildman–Crippen LogP) is 2.20. The van der Waals surface area contributed by atoms with Crippen LogP contribution in [0.25, 0.3) is 6.08 Å². The normalized spacial score (nSPS) is 12.4. The van der Waals surface area contributed by atoms with Crippen LogP contribution in [-0.4, -0.2) is 48.7 Å². The predicted molar refractivity (Wildman–Crippen MR) is 81.3 cm³/mol. The summed E-state index contributed by atoms with van der Waals surface area (Å²) in [7, 11) is 3.32. The number of ether oxygens (including phenoxy) is 1. The molecule has 0 spiro atoms. The van der Waals surface area contributed by atoms with Crippen LogP contribution in [-0.2, 0) is 9.53 Å². The fraction of sp³-hybridized carbons (Fsp3) is 0.375. The molecule has 1 rings (SSSR count). The smallest absolute Gasteiger partial charge is 0.328 e. The number of aliphatic carboxylic acids is 1. The monoisotopic (exact) mass is 291 g/mol. The van der Waals surface area contributed by atoms with E-state index in [1.807, 2.05) is 19.9 Å². The second-order valence-corrected chi connectivity index (χ2v) is 5.02. The molecule has 0 aliphatic rings. The summed E-state index contributed by atoms with van der Waals surface area (Å²) in [5, 5.41) is 8.67. The number of carboxylic acid groups (broad SMARTS) is 1. The van der Waals surface area contributed by atoms with Crippen LogP contribution >= 0.6 is 0 Å². The largest absolute Gasteiger partial charge is 0.478 e. The molecule has 1 unspecified atom stereocenters. The lowest BCUT2D eigenvalue weighted by atomic mass is 10.0. The lowest BCUT2D eigenvalue weighted by Gasteiger charge is -2.24. The van der Waals surface area contributed by atoms with Crippen molar-refractivity contribution in [3.63, 3.8) is 0 Å². The first kappa shape index (κ1) is 16.9. The van der Waals surface area contributed by atoms with Gasteiger partial charge in [-0.1, -0.05) is 6.07 Å². The van der Waals surface area contributed by atoms with Gasteiger partial charge in [-0.3, -0.25) is 4.79 Å². The molecule has 0 radical (unpaired) electrons. The van der Waals surface area contributed by atoms with Crippen LogP contribution in [0.3, 0.4) is 0 Å². The third-order valence-corrected chi connectivity index (χ3v) is 3.15. The van der Waals surface area contributed by atoms with Crippen LogP contribution in [0.15, 0.2) is 24.3 Å². The summed E-state index contributed by atoms with van der Waals surface area (Å²) in [5.41, 5.74) is 2.12. The van der Waals surface area contributed by atoms with Gasteiger partial charge in [0.05, 0.1) is 12.6 Å². The van der Waals surface area contributed by atoms with Gasteiger partial charge in [0, 0.05) is 25.8 Å². The van der Waals surface area contributed by atoms with Gasteiger partial charge in [-0.15, -0.1) is 0 Å². The Bertz CT molecular complexity index is 551. The van der Waals surface area contributed by atoms with E-state index >= 15 is 0 Å². The average Bonchev–Trinajstić information content (AvgIpc) is 2.43. The van der Waals surface area contributed by atoms with Gasteiger partial charge in [0.2, 0.25) is 0 Å². The fourth-order valence-corrected chi connectivity index (χ4v) is 1.96. The third-order valence-electron chi connectivity index (χ3n) is 3.15. The Morgan fingerprint density at radius 3 is 2.62 bits per heavy atom. The van der Waals surface area contributed by atoms with Crippen LogP contribution in [0.5, 0.6) is 0 Å². The average molecular weight is 291 g/mol. The number of rotatable bonds is 6. The minimum Gasteiger partial charge on any atom is -0.478 e. The maximum absolute atomic E-state index is 12.4. The van der Waals surface area contributed by atoms with Gasteiger partial charge in [-0.2, -0.15) is 0 Å². The highest BCUT2D eigenvalue weighted by Gasteiger charge is 2.17. The molecule has 0 saturated heterocycles. The van der Waals surface area contributed by atoms with Crippen molar-refractivity contribution in [2.45, 2.75) is 19.9 Å². The Morgan fingerprint density at radius 2 is 2.05 bits per heavy atom. The Balaban J connectivity index is 3.02. The zero-order valence-corrected chi connectivity index (χ0v) is 12.8. The summed E-state index contributed by atoms with van der Waals surface area (Å²) in [5.74, 6) is -1.14. The molecule has 1 amide bonds. The molecule has 0 saturated carbocycles. The van der Waals surface area contributed by atoms with Gasteiger partial charge in [0.25, 0.3) is 5.91 Å². The molecular weight excluding hydrogens is 270 g/mol. The summed E-state index contributed by atoms with van der Waals surface area (Å²) < 4.78 is 5.05. The number of amides is 1. The number of benzene rings is 1. The molecule has 0 aliphatic carbocycles. The number of carbonyl (C=O) groups is 2. The topological polar surface area (TPSA) is 66.8 Å². The summed E-state index contributed by atoms with van der Waals surface area (Å²) in [6.07, 6.45) is 2.53. The van der Waals surface area contributed by atoms with E-state index in [9.17, 15) is 9.59 Å². The van der Waals surface area contributed by atoms with Crippen molar-refractivity contribution in [3.8, 4) is 0 Å². The number of likely N-dealkylation sites (N-methyl/N-ethyl adjacent to an activating group) is 1. The second kappa shape index (κ2) is 7.59. The van der Waals surface area contributed by atoms with Crippen LogP contribution < -0.4 is 0 Å². The Morgan fingerprint density at radius 1 is 1.38 bits per heavy atom. The molecule has 21 heavy (non-hydrogen) atoms. The SMILES string of the molecule is COCC(C)N(C)C(=O)c1cc(C)cc(/C=C/C(=O)O)c1. The highest BCUT2D eigenvalue weighted by Crippen LogP contribution is 2.14. The summed E-state index contributed by atoms with van der Waals surface area (Å²) in [4.78, 5) is 24.6. The molecule has 5 nitrogen and oxygen atoms in total. The minimum absolute atomic E-state index is 0.0407. The highest BCUT2D eigenvalue weighted by molar-refractivity contribution is 5.95. The number of carbonyl (C=O) groups excluding carboxylic acids is 1. The number of nitrogens with zero attached hydrogens (tertiary/aromatic N) is 1. The van der Waals surface area contributed by atoms with E-state index in [1.165, 1.54) is 6.08 Å². The van der Waals surface area contributed by atoms with Crippen molar-refractivity contribution in [1.82, 2.24) is 4.90 Å². The fourth-order valence-electron chi connectivity index (χ4n) is 1.96. The Labute approximate surface area is 124 Å². The number of hydrogen-bond donors (Lipinski definition) is 1. The first-order chi connectivity index (χ1) is 9.85. The quantitative estimate of drug-likeness (QED) is 0.816. The lowest BCUT2D eigenvalue weighted by molar-refractivity contribution is -0.131. The maximum atomic E-state index is 12.4. The maximum Gasteiger partial charge on any atom is 0.328 e. The first-order valence-corrected chi connectivity index (χ1v) is 6.64. The van der Waals surface area contributed by atoms with E-state index in [-0.39, 0.29) is 11.9 Å². The summed E-state index contributed by atoms with van der Waals surface area (Å²) in [6.45, 7) is 4.23. The van der Waals surface area contributed by atoms with Crippen LogP contribution in [0.4, 0.5) is 0 Å². The van der Waals surface area contributed by atoms with Crippen molar-refractivity contribution >= 4 is 18.0 Å². The van der Waals surface area contributed by atoms with Gasteiger partial charge in [-0.05, 0) is 43.2 Å². The molecule has 5 heteroatoms. The lowest BCUT2D eigenvalue weighted by Crippen LogP contribution is -2.37. The van der Waals surface area contributed by atoms with E-state index in [0.29, 0.717) is 17.7 Å². The number of hydrogen-bond acceptors (Lipinski definition) is 3. The first-order valence-electron chi connectivity index (χ1n) is 6.64. The zero-order chi connectivity index (χ0) is 16.0. The van der Waals surface area contributed by atoms with Crippen molar-refractivity contribution in [2.24, 2.45) is 0 Å². The van der Waals surface area contributed by atoms with Gasteiger partial charge >= 0.3 is 5.97 Å². The number of methoxy groups -OCH3 is 1. The molecule has 114 valence electrons. The highest BCUT2D eigenvalue weighted by atomic mass is 16.5. The van der Waals surface area contributed by atoms with Crippen LogP contribution in [0.1, 0.15) is 28.4 Å². The summed E-state index contributed by atoms with van der Waals surface area (Å²) in [6, 6.07) is 5.26. The number of aryl methyl sites for hydroxylation is 1. The molecule has 1 atom stereocenters. The van der Waals surface area contributed by atoms with E-state index < -0.39 is 5.97 Å². The van der Waals surface area contributed by atoms with Gasteiger partial charge in [0.1, 0.15) is 0 Å². The van der Waals surface area contributed by atoms with Crippen molar-refractivity contribution < 1.29 is 19.4 Å². The molecule has 0 aromatic heterocycles. The molecule has 1 aromatic carbocycles. The molecule has 0 fully saturated rings. The minimum atomic E-state index is -1.02. The summed E-state index contributed by atoms with van der Waals surface area (Å²) >= 11 is 0. The second-order valence-electron chi connectivity index (χ2n) is 5.02. The van der Waals surface area contributed by atoms with Gasteiger partial charge in [-0.25, -0.2) is 4.79 Å². The van der Waals surface area contributed by atoms with Crippen molar-refractivity contribution in [1.29, 1.82) is 0 Å². The van der Waals surface area contributed by atoms with Gasteiger partial charge < -0.3 is 14.7 Å². The molecule has 0 heterocycles. The molecule has 0 bridgehead atoms.